The van der Waals surface area contributed by atoms with Crippen LogP contribution in [0.4, 0.5) is 5.69 Å². The van der Waals surface area contributed by atoms with E-state index < -0.39 is 0 Å². The SMILES string of the molecule is Nc1ccc(CNCC2(C3CC3)CC2)cc1Br. The molecule has 2 nitrogen and oxygen atoms in total. The van der Waals surface area contributed by atoms with Crippen molar-refractivity contribution in [3.63, 3.8) is 0 Å². The monoisotopic (exact) mass is 294 g/mol. The molecule has 0 amide bonds. The molecule has 0 spiro atoms. The molecule has 2 aliphatic carbocycles. The maximum Gasteiger partial charge on any atom is 0.0458 e. The van der Waals surface area contributed by atoms with E-state index >= 15 is 0 Å². The largest absolute Gasteiger partial charge is 0.398 e. The Morgan fingerprint density at radius 3 is 2.71 bits per heavy atom. The molecule has 0 heterocycles. The topological polar surface area (TPSA) is 38.0 Å². The van der Waals surface area contributed by atoms with Crippen LogP contribution in [0.2, 0.25) is 0 Å². The fraction of sp³-hybridized carbons (Fsp3) is 0.571. The molecular formula is C14H19BrN2. The van der Waals surface area contributed by atoms with Crippen molar-refractivity contribution >= 4 is 21.6 Å². The van der Waals surface area contributed by atoms with Gasteiger partial charge in [-0.2, -0.15) is 0 Å². The number of nitrogens with one attached hydrogen (secondary N) is 1. The van der Waals surface area contributed by atoms with Crippen LogP contribution in [-0.4, -0.2) is 6.54 Å². The van der Waals surface area contributed by atoms with Gasteiger partial charge in [0.05, 0.1) is 0 Å². The molecule has 0 aromatic heterocycles. The third kappa shape index (κ3) is 2.50. The lowest BCUT2D eigenvalue weighted by Gasteiger charge is -2.15. The first-order chi connectivity index (χ1) is 8.20. The van der Waals surface area contributed by atoms with Crippen molar-refractivity contribution in [3.05, 3.63) is 28.2 Å². The van der Waals surface area contributed by atoms with E-state index in [9.17, 15) is 0 Å². The molecule has 2 aliphatic rings. The molecule has 2 fully saturated rings. The van der Waals surface area contributed by atoms with Gasteiger partial charge in [0.15, 0.2) is 0 Å². The van der Waals surface area contributed by atoms with Gasteiger partial charge in [0.25, 0.3) is 0 Å². The van der Waals surface area contributed by atoms with Crippen LogP contribution in [0, 0.1) is 11.3 Å². The Kier molecular flexibility index (Phi) is 2.91. The quantitative estimate of drug-likeness (QED) is 0.818. The van der Waals surface area contributed by atoms with Gasteiger partial charge in [0.2, 0.25) is 0 Å². The van der Waals surface area contributed by atoms with Crippen molar-refractivity contribution in [2.45, 2.75) is 32.2 Å². The molecule has 1 aromatic rings. The number of hydrogen-bond donors (Lipinski definition) is 2. The number of nitrogen functional groups attached to an aromatic ring is 1. The van der Waals surface area contributed by atoms with E-state index in [1.54, 1.807) is 0 Å². The summed E-state index contributed by atoms with van der Waals surface area (Å²) in [6.07, 6.45) is 5.82. The Hall–Kier alpha value is -0.540. The van der Waals surface area contributed by atoms with Crippen LogP contribution >= 0.6 is 15.9 Å². The van der Waals surface area contributed by atoms with E-state index in [0.717, 1.165) is 22.6 Å². The zero-order valence-corrected chi connectivity index (χ0v) is 11.6. The van der Waals surface area contributed by atoms with Crippen molar-refractivity contribution in [1.82, 2.24) is 5.32 Å². The van der Waals surface area contributed by atoms with E-state index in [-0.39, 0.29) is 0 Å². The second-order valence-electron chi connectivity index (χ2n) is 5.60. The van der Waals surface area contributed by atoms with Crippen LogP contribution in [0.5, 0.6) is 0 Å². The molecule has 17 heavy (non-hydrogen) atoms. The maximum absolute atomic E-state index is 5.78. The summed E-state index contributed by atoms with van der Waals surface area (Å²) >= 11 is 3.47. The minimum atomic E-state index is 0.686. The van der Waals surface area contributed by atoms with Gasteiger partial charge in [0, 0.05) is 23.2 Å². The molecule has 92 valence electrons. The van der Waals surface area contributed by atoms with Crippen molar-refractivity contribution in [2.75, 3.05) is 12.3 Å². The van der Waals surface area contributed by atoms with Gasteiger partial charge >= 0.3 is 0 Å². The molecule has 0 bridgehead atoms. The Bertz CT molecular complexity index is 422. The molecule has 0 radical (unpaired) electrons. The van der Waals surface area contributed by atoms with Gasteiger partial charge in [-0.25, -0.2) is 0 Å². The van der Waals surface area contributed by atoms with Gasteiger partial charge in [0.1, 0.15) is 0 Å². The highest BCUT2D eigenvalue weighted by Crippen LogP contribution is 2.60. The number of anilines is 1. The van der Waals surface area contributed by atoms with Crippen LogP contribution in [0.1, 0.15) is 31.2 Å². The standard InChI is InChI=1S/C14H19BrN2/c15-12-7-10(1-4-13(12)16)8-17-9-14(5-6-14)11-2-3-11/h1,4,7,11,17H,2-3,5-6,8-9,16H2. The number of halogens is 1. The Morgan fingerprint density at radius 2 is 2.12 bits per heavy atom. The van der Waals surface area contributed by atoms with Crippen LogP contribution in [0.3, 0.4) is 0 Å². The molecule has 0 atom stereocenters. The Morgan fingerprint density at radius 1 is 1.35 bits per heavy atom. The molecule has 0 unspecified atom stereocenters. The fourth-order valence-electron chi connectivity index (χ4n) is 2.72. The third-order valence-corrected chi connectivity index (χ3v) is 4.89. The highest BCUT2D eigenvalue weighted by Gasteiger charge is 2.53. The molecular weight excluding hydrogens is 276 g/mol. The predicted octanol–water partition coefficient (Wildman–Crippen LogP) is 3.31. The first kappa shape index (κ1) is 11.5. The summed E-state index contributed by atoms with van der Waals surface area (Å²) in [5.41, 5.74) is 8.58. The van der Waals surface area contributed by atoms with Crippen molar-refractivity contribution in [3.8, 4) is 0 Å². The van der Waals surface area contributed by atoms with Crippen LogP contribution in [0.25, 0.3) is 0 Å². The highest BCUT2D eigenvalue weighted by molar-refractivity contribution is 9.10. The Labute approximate surface area is 111 Å². The summed E-state index contributed by atoms with van der Waals surface area (Å²) in [6.45, 7) is 2.15. The predicted molar refractivity (Wildman–Crippen MR) is 74.7 cm³/mol. The number of benzene rings is 1. The van der Waals surface area contributed by atoms with E-state index in [1.807, 2.05) is 6.07 Å². The fourth-order valence-corrected chi connectivity index (χ4v) is 3.15. The molecule has 0 saturated heterocycles. The second-order valence-corrected chi connectivity index (χ2v) is 6.45. The summed E-state index contributed by atoms with van der Waals surface area (Å²) in [5, 5.41) is 3.61. The van der Waals surface area contributed by atoms with E-state index in [0.29, 0.717) is 5.41 Å². The van der Waals surface area contributed by atoms with Gasteiger partial charge in [-0.15, -0.1) is 0 Å². The van der Waals surface area contributed by atoms with E-state index in [4.69, 9.17) is 5.73 Å². The minimum absolute atomic E-state index is 0.686. The Balaban J connectivity index is 1.52. The highest BCUT2D eigenvalue weighted by atomic mass is 79.9. The molecule has 3 rings (SSSR count). The third-order valence-electron chi connectivity index (χ3n) is 4.21. The first-order valence-electron chi connectivity index (χ1n) is 6.44. The van der Waals surface area contributed by atoms with Crippen molar-refractivity contribution in [1.29, 1.82) is 0 Å². The minimum Gasteiger partial charge on any atom is -0.398 e. The van der Waals surface area contributed by atoms with Gasteiger partial charge < -0.3 is 11.1 Å². The maximum atomic E-state index is 5.78. The normalized spacial score (nSPS) is 21.5. The molecule has 3 N–H and O–H groups in total. The smallest absolute Gasteiger partial charge is 0.0458 e. The van der Waals surface area contributed by atoms with Crippen molar-refractivity contribution < 1.29 is 0 Å². The van der Waals surface area contributed by atoms with E-state index in [1.165, 1.54) is 37.8 Å². The first-order valence-corrected chi connectivity index (χ1v) is 7.24. The summed E-state index contributed by atoms with van der Waals surface area (Å²) in [7, 11) is 0. The van der Waals surface area contributed by atoms with Gasteiger partial charge in [-0.1, -0.05) is 6.07 Å². The van der Waals surface area contributed by atoms with E-state index in [2.05, 4.69) is 33.4 Å². The zero-order chi connectivity index (χ0) is 11.9. The number of hydrogen-bond acceptors (Lipinski definition) is 2. The second kappa shape index (κ2) is 4.29. The molecule has 3 heteroatoms. The average molecular weight is 295 g/mol. The van der Waals surface area contributed by atoms with Crippen LogP contribution in [-0.2, 0) is 6.54 Å². The van der Waals surface area contributed by atoms with Gasteiger partial charge in [-0.3, -0.25) is 0 Å². The summed E-state index contributed by atoms with van der Waals surface area (Å²) in [4.78, 5) is 0. The van der Waals surface area contributed by atoms with Crippen LogP contribution < -0.4 is 11.1 Å². The zero-order valence-electron chi connectivity index (χ0n) is 10.0. The van der Waals surface area contributed by atoms with Gasteiger partial charge in [-0.05, 0) is 70.6 Å². The number of rotatable bonds is 5. The van der Waals surface area contributed by atoms with Crippen LogP contribution in [0.15, 0.2) is 22.7 Å². The lowest BCUT2D eigenvalue weighted by atomic mass is 10.0. The average Bonchev–Trinajstić information content (AvgIpc) is 3.14. The number of nitrogens with two attached hydrogens (primary N) is 1. The lowest BCUT2D eigenvalue weighted by Crippen LogP contribution is -2.25. The molecule has 1 aromatic carbocycles. The molecule has 0 aliphatic heterocycles. The lowest BCUT2D eigenvalue weighted by molar-refractivity contribution is 0.403. The molecule has 2 saturated carbocycles. The summed E-state index contributed by atoms with van der Waals surface area (Å²) < 4.78 is 1.00. The summed E-state index contributed by atoms with van der Waals surface area (Å²) in [6, 6.07) is 6.18. The summed E-state index contributed by atoms with van der Waals surface area (Å²) in [5.74, 6) is 1.04. The van der Waals surface area contributed by atoms with Crippen molar-refractivity contribution in [2.24, 2.45) is 11.3 Å².